The highest BCUT2D eigenvalue weighted by Gasteiger charge is 2.30. The molecule has 0 spiro atoms. The third kappa shape index (κ3) is 6.10. The standard InChI is InChI=1S/C20H23Cl2N3O4S/c1-14(20(27)23-2)24(12-15-8-10-16(21)11-9-15)19(26)13-25(30(3,28)29)18-7-5-4-6-17(18)22/h4-11,14H,12-13H2,1-3H3,(H,23,27)/t14-/m1/s1. The average molecular weight is 472 g/mol. The van der Waals surface area contributed by atoms with Crippen LogP contribution in [0.3, 0.4) is 0 Å². The van der Waals surface area contributed by atoms with Crippen molar-refractivity contribution in [2.75, 3.05) is 24.2 Å². The molecule has 1 N–H and O–H groups in total. The Morgan fingerprint density at radius 3 is 2.20 bits per heavy atom. The molecule has 0 aliphatic rings. The average Bonchev–Trinajstić information content (AvgIpc) is 2.70. The number of benzene rings is 2. The number of carbonyl (C=O) groups is 2. The number of hydrogen-bond donors (Lipinski definition) is 1. The van der Waals surface area contributed by atoms with Crippen molar-refractivity contribution in [2.24, 2.45) is 0 Å². The Morgan fingerprint density at radius 1 is 1.07 bits per heavy atom. The molecule has 2 rings (SSSR count). The van der Waals surface area contributed by atoms with Crippen molar-refractivity contribution in [3.05, 3.63) is 64.1 Å². The summed E-state index contributed by atoms with van der Waals surface area (Å²) in [6.07, 6.45) is 0.995. The number of rotatable bonds is 8. The maximum atomic E-state index is 13.2. The van der Waals surface area contributed by atoms with E-state index < -0.39 is 28.5 Å². The second-order valence-electron chi connectivity index (χ2n) is 6.66. The van der Waals surface area contributed by atoms with E-state index in [-0.39, 0.29) is 23.2 Å². The first kappa shape index (κ1) is 24.0. The number of amides is 2. The van der Waals surface area contributed by atoms with E-state index in [1.807, 2.05) is 0 Å². The summed E-state index contributed by atoms with van der Waals surface area (Å²) in [5, 5.41) is 3.25. The number of para-hydroxylation sites is 1. The van der Waals surface area contributed by atoms with Gasteiger partial charge in [-0.25, -0.2) is 8.42 Å². The van der Waals surface area contributed by atoms with E-state index in [1.165, 1.54) is 24.1 Å². The summed E-state index contributed by atoms with van der Waals surface area (Å²) in [5.41, 5.74) is 0.932. The first-order valence-electron chi connectivity index (χ1n) is 9.02. The van der Waals surface area contributed by atoms with Gasteiger partial charge in [0.15, 0.2) is 0 Å². The number of nitrogens with zero attached hydrogens (tertiary/aromatic N) is 2. The van der Waals surface area contributed by atoms with Gasteiger partial charge in [-0.3, -0.25) is 13.9 Å². The van der Waals surface area contributed by atoms with Crippen LogP contribution in [0.1, 0.15) is 12.5 Å². The molecule has 0 heterocycles. The van der Waals surface area contributed by atoms with Crippen LogP contribution in [0.5, 0.6) is 0 Å². The highest BCUT2D eigenvalue weighted by atomic mass is 35.5. The summed E-state index contributed by atoms with van der Waals surface area (Å²) in [7, 11) is -2.35. The molecule has 0 aliphatic carbocycles. The molecular weight excluding hydrogens is 449 g/mol. The highest BCUT2D eigenvalue weighted by molar-refractivity contribution is 7.92. The van der Waals surface area contributed by atoms with Crippen LogP contribution in [0.15, 0.2) is 48.5 Å². The number of anilines is 1. The third-order valence-corrected chi connectivity index (χ3v) is 6.18. The lowest BCUT2D eigenvalue weighted by molar-refractivity contribution is -0.139. The largest absolute Gasteiger partial charge is 0.357 e. The normalized spacial score (nSPS) is 12.2. The number of halogens is 2. The van der Waals surface area contributed by atoms with Crippen molar-refractivity contribution in [3.63, 3.8) is 0 Å². The predicted octanol–water partition coefficient (Wildman–Crippen LogP) is 2.92. The van der Waals surface area contributed by atoms with Gasteiger partial charge in [0.05, 0.1) is 17.0 Å². The Kier molecular flexibility index (Phi) is 8.11. The second-order valence-corrected chi connectivity index (χ2v) is 9.41. The molecule has 2 aromatic rings. The SMILES string of the molecule is CNC(=O)[C@@H](C)N(Cc1ccc(Cl)cc1)C(=O)CN(c1ccccc1Cl)S(C)(=O)=O. The number of carbonyl (C=O) groups excluding carboxylic acids is 2. The molecule has 0 aromatic heterocycles. The second kappa shape index (κ2) is 10.1. The minimum absolute atomic E-state index is 0.102. The van der Waals surface area contributed by atoms with E-state index in [9.17, 15) is 18.0 Å². The number of likely N-dealkylation sites (N-methyl/N-ethyl adjacent to an activating group) is 1. The Morgan fingerprint density at radius 2 is 1.67 bits per heavy atom. The number of nitrogens with one attached hydrogen (secondary N) is 1. The quantitative estimate of drug-likeness (QED) is 0.640. The molecule has 0 unspecified atom stereocenters. The minimum atomic E-state index is -3.82. The zero-order valence-corrected chi connectivity index (χ0v) is 19.1. The number of hydrogen-bond acceptors (Lipinski definition) is 4. The van der Waals surface area contributed by atoms with Crippen LogP contribution in [-0.4, -0.2) is 51.0 Å². The molecule has 0 bridgehead atoms. The Balaban J connectivity index is 2.38. The van der Waals surface area contributed by atoms with E-state index >= 15 is 0 Å². The van der Waals surface area contributed by atoms with E-state index in [4.69, 9.17) is 23.2 Å². The maximum Gasteiger partial charge on any atom is 0.244 e. The fourth-order valence-corrected chi connectivity index (χ4v) is 4.10. The van der Waals surface area contributed by atoms with Crippen LogP contribution in [0.4, 0.5) is 5.69 Å². The molecule has 0 saturated heterocycles. The molecule has 30 heavy (non-hydrogen) atoms. The van der Waals surface area contributed by atoms with Gasteiger partial charge in [-0.1, -0.05) is 47.5 Å². The van der Waals surface area contributed by atoms with Gasteiger partial charge in [0.25, 0.3) is 0 Å². The summed E-state index contributed by atoms with van der Waals surface area (Å²) in [4.78, 5) is 26.7. The van der Waals surface area contributed by atoms with Crippen LogP contribution >= 0.6 is 23.2 Å². The molecule has 0 fully saturated rings. The summed E-state index contributed by atoms with van der Waals surface area (Å²) in [5.74, 6) is -0.924. The lowest BCUT2D eigenvalue weighted by atomic mass is 10.1. The Labute approximate surface area is 186 Å². The van der Waals surface area contributed by atoms with Crippen LogP contribution in [-0.2, 0) is 26.2 Å². The van der Waals surface area contributed by atoms with Gasteiger partial charge in [0.2, 0.25) is 21.8 Å². The predicted molar refractivity (Wildman–Crippen MR) is 119 cm³/mol. The van der Waals surface area contributed by atoms with Gasteiger partial charge in [-0.05, 0) is 36.8 Å². The smallest absolute Gasteiger partial charge is 0.244 e. The van der Waals surface area contributed by atoms with Crippen molar-refractivity contribution >= 4 is 50.7 Å². The van der Waals surface area contributed by atoms with Gasteiger partial charge in [0.1, 0.15) is 12.6 Å². The molecular formula is C20H23Cl2N3O4S. The topological polar surface area (TPSA) is 86.8 Å². The molecule has 2 aromatic carbocycles. The van der Waals surface area contributed by atoms with Crippen LogP contribution in [0.2, 0.25) is 10.0 Å². The maximum absolute atomic E-state index is 13.2. The van der Waals surface area contributed by atoms with Crippen molar-refractivity contribution in [2.45, 2.75) is 19.5 Å². The molecule has 0 radical (unpaired) electrons. The number of sulfonamides is 1. The zero-order valence-electron chi connectivity index (χ0n) is 16.8. The minimum Gasteiger partial charge on any atom is -0.357 e. The zero-order chi connectivity index (χ0) is 22.5. The van der Waals surface area contributed by atoms with Gasteiger partial charge in [0, 0.05) is 18.6 Å². The molecule has 0 aliphatic heterocycles. The van der Waals surface area contributed by atoms with Crippen molar-refractivity contribution in [3.8, 4) is 0 Å². The van der Waals surface area contributed by atoms with Crippen molar-refractivity contribution in [1.29, 1.82) is 0 Å². The van der Waals surface area contributed by atoms with E-state index in [1.54, 1.807) is 43.3 Å². The summed E-state index contributed by atoms with van der Waals surface area (Å²) in [6, 6.07) is 12.3. The van der Waals surface area contributed by atoms with E-state index in [0.717, 1.165) is 16.1 Å². The van der Waals surface area contributed by atoms with Crippen molar-refractivity contribution < 1.29 is 18.0 Å². The third-order valence-electron chi connectivity index (χ3n) is 4.48. The lowest BCUT2D eigenvalue weighted by Crippen LogP contribution is -2.50. The van der Waals surface area contributed by atoms with Gasteiger partial charge in [-0.2, -0.15) is 0 Å². The van der Waals surface area contributed by atoms with Gasteiger partial charge < -0.3 is 10.2 Å². The van der Waals surface area contributed by atoms with Crippen LogP contribution in [0, 0.1) is 0 Å². The fraction of sp³-hybridized carbons (Fsp3) is 0.300. The molecule has 1 atom stereocenters. The first-order chi connectivity index (χ1) is 14.0. The molecule has 2 amide bonds. The van der Waals surface area contributed by atoms with E-state index in [0.29, 0.717) is 5.02 Å². The van der Waals surface area contributed by atoms with Gasteiger partial charge >= 0.3 is 0 Å². The van der Waals surface area contributed by atoms with Crippen LogP contribution < -0.4 is 9.62 Å². The molecule has 10 heteroatoms. The fourth-order valence-electron chi connectivity index (χ4n) is 2.83. The van der Waals surface area contributed by atoms with Crippen LogP contribution in [0.25, 0.3) is 0 Å². The van der Waals surface area contributed by atoms with Crippen molar-refractivity contribution in [1.82, 2.24) is 10.2 Å². The Hall–Kier alpha value is -2.29. The lowest BCUT2D eigenvalue weighted by Gasteiger charge is -2.31. The molecule has 7 nitrogen and oxygen atoms in total. The monoisotopic (exact) mass is 471 g/mol. The summed E-state index contributed by atoms with van der Waals surface area (Å²) in [6.45, 7) is 1.18. The molecule has 0 saturated carbocycles. The summed E-state index contributed by atoms with van der Waals surface area (Å²) < 4.78 is 25.7. The first-order valence-corrected chi connectivity index (χ1v) is 11.6. The molecule has 162 valence electrons. The van der Waals surface area contributed by atoms with Gasteiger partial charge in [-0.15, -0.1) is 0 Å². The highest BCUT2D eigenvalue weighted by Crippen LogP contribution is 2.27. The summed E-state index contributed by atoms with van der Waals surface area (Å²) >= 11 is 12.1. The Bertz CT molecular complexity index is 1010. The van der Waals surface area contributed by atoms with E-state index in [2.05, 4.69) is 5.32 Å².